The largest absolute Gasteiger partial charge is 0.310 e. The Labute approximate surface area is 279 Å². The molecular weight excluding hydrogens is 644 g/mol. The molecule has 4 heteroatoms. The average Bonchev–Trinajstić information content (AvgIpc) is 3.65. The lowest BCUT2D eigenvalue weighted by Gasteiger charge is -2.28. The van der Waals surface area contributed by atoms with Gasteiger partial charge in [-0.15, -0.1) is 11.3 Å². The third-order valence-corrected chi connectivity index (χ3v) is 10.5. The van der Waals surface area contributed by atoms with Crippen molar-refractivity contribution >= 4 is 86.3 Å². The molecule has 0 spiro atoms. The second-order valence-corrected chi connectivity index (χ2v) is 13.5. The van der Waals surface area contributed by atoms with Crippen LogP contribution in [0.1, 0.15) is 0 Å². The van der Waals surface area contributed by atoms with E-state index in [1.165, 1.54) is 47.5 Å². The zero-order valence-electron chi connectivity index (χ0n) is 24.8. The molecule has 2 aromatic heterocycles. The summed E-state index contributed by atoms with van der Waals surface area (Å²) in [7, 11) is 0. The number of fused-ring (bicyclic) bond motifs is 7. The molecule has 2 heterocycles. The molecule has 9 aromatic rings. The van der Waals surface area contributed by atoms with Crippen molar-refractivity contribution in [3.05, 3.63) is 168 Å². The lowest BCUT2D eigenvalue weighted by atomic mass is 10.0. The number of halogens is 1. The molecule has 0 atom stereocenters. The van der Waals surface area contributed by atoms with Crippen molar-refractivity contribution in [1.29, 1.82) is 0 Å². The van der Waals surface area contributed by atoms with Gasteiger partial charge in [0.05, 0.1) is 16.7 Å². The number of aromatic nitrogens is 1. The van der Waals surface area contributed by atoms with E-state index in [0.717, 1.165) is 32.8 Å². The summed E-state index contributed by atoms with van der Waals surface area (Å²) in [5.74, 6) is 0. The maximum absolute atomic E-state index is 3.70. The molecule has 46 heavy (non-hydrogen) atoms. The highest BCUT2D eigenvalue weighted by Gasteiger charge is 2.21. The van der Waals surface area contributed by atoms with E-state index in [4.69, 9.17) is 0 Å². The molecule has 0 fully saturated rings. The number of rotatable bonds is 5. The van der Waals surface area contributed by atoms with Crippen LogP contribution in [0.4, 0.5) is 17.1 Å². The predicted octanol–water partition coefficient (Wildman–Crippen LogP) is 13.1. The zero-order valence-corrected chi connectivity index (χ0v) is 27.2. The molecule has 0 amide bonds. The number of nitrogens with zero attached hydrogens (tertiary/aromatic N) is 2. The Balaban J connectivity index is 1.36. The Morgan fingerprint density at radius 1 is 0.522 bits per heavy atom. The van der Waals surface area contributed by atoms with Crippen LogP contribution in [0.2, 0.25) is 0 Å². The molecule has 0 radical (unpaired) electrons. The van der Waals surface area contributed by atoms with Gasteiger partial charge in [-0.2, -0.15) is 0 Å². The van der Waals surface area contributed by atoms with Gasteiger partial charge in [-0.05, 0) is 72.3 Å². The highest BCUT2D eigenvalue weighted by atomic mass is 79.9. The minimum Gasteiger partial charge on any atom is -0.310 e. The molecule has 0 saturated carbocycles. The topological polar surface area (TPSA) is 8.17 Å². The van der Waals surface area contributed by atoms with E-state index in [1.807, 2.05) is 11.3 Å². The molecule has 0 bridgehead atoms. The van der Waals surface area contributed by atoms with Gasteiger partial charge in [0.1, 0.15) is 0 Å². The molecule has 0 aliphatic carbocycles. The monoisotopic (exact) mass is 670 g/mol. The van der Waals surface area contributed by atoms with Crippen molar-refractivity contribution in [3.63, 3.8) is 0 Å². The molecule has 7 aromatic carbocycles. The summed E-state index contributed by atoms with van der Waals surface area (Å²) in [4.78, 5) is 2.39. The predicted molar refractivity (Wildman–Crippen MR) is 201 cm³/mol. The van der Waals surface area contributed by atoms with Crippen LogP contribution in [-0.2, 0) is 0 Å². The highest BCUT2D eigenvalue weighted by Crippen LogP contribution is 2.46. The molecule has 0 unspecified atom stereocenters. The molecule has 218 valence electrons. The van der Waals surface area contributed by atoms with E-state index < -0.39 is 0 Å². The minimum absolute atomic E-state index is 1.06. The number of hydrogen-bond donors (Lipinski definition) is 0. The molecule has 0 saturated heterocycles. The number of benzene rings is 7. The summed E-state index contributed by atoms with van der Waals surface area (Å²) in [6.45, 7) is 0. The van der Waals surface area contributed by atoms with Crippen LogP contribution in [0.5, 0.6) is 0 Å². The fourth-order valence-corrected chi connectivity index (χ4v) is 8.50. The summed E-state index contributed by atoms with van der Waals surface area (Å²) < 4.78 is 6.15. The summed E-state index contributed by atoms with van der Waals surface area (Å²) in [5.41, 5.74) is 9.23. The van der Waals surface area contributed by atoms with Crippen molar-refractivity contribution in [2.24, 2.45) is 0 Å². The molecule has 9 rings (SSSR count). The standard InChI is InChI=1S/C42H27BrN2S/c43-29-13-11-12-28(26-29)33-18-7-9-20-37(33)44(30-14-3-1-4-15-30)32-22-23-36-39(27-32)45(31-16-5-2-6-17-31)38-25-24-35-34-19-8-10-21-40(34)46-42(35)41(36)38/h1-27H. The normalized spacial score (nSPS) is 11.6. The number of anilines is 3. The van der Waals surface area contributed by atoms with Crippen LogP contribution in [0.15, 0.2) is 168 Å². The van der Waals surface area contributed by atoms with E-state index in [1.54, 1.807) is 0 Å². The van der Waals surface area contributed by atoms with Crippen LogP contribution in [0.3, 0.4) is 0 Å². The fourth-order valence-electron chi connectivity index (χ4n) is 6.84. The SMILES string of the molecule is Brc1cccc(-c2ccccc2N(c2ccccc2)c2ccc3c4c5sc6ccccc6c5ccc4n(-c4ccccc4)c3c2)c1. The van der Waals surface area contributed by atoms with E-state index in [9.17, 15) is 0 Å². The summed E-state index contributed by atoms with van der Waals surface area (Å²) in [6.07, 6.45) is 0. The fraction of sp³-hybridized carbons (Fsp3) is 0. The van der Waals surface area contributed by atoms with Crippen LogP contribution >= 0.6 is 27.3 Å². The first-order valence-electron chi connectivity index (χ1n) is 15.4. The van der Waals surface area contributed by atoms with E-state index >= 15 is 0 Å². The van der Waals surface area contributed by atoms with Gasteiger partial charge in [0, 0.05) is 58.0 Å². The van der Waals surface area contributed by atoms with E-state index in [-0.39, 0.29) is 0 Å². The van der Waals surface area contributed by atoms with Crippen molar-refractivity contribution in [3.8, 4) is 16.8 Å². The summed E-state index contributed by atoms with van der Waals surface area (Å²) in [5, 5.41) is 5.21. The molecule has 0 N–H and O–H groups in total. The molecule has 2 nitrogen and oxygen atoms in total. The van der Waals surface area contributed by atoms with Gasteiger partial charge >= 0.3 is 0 Å². The van der Waals surface area contributed by atoms with Crippen molar-refractivity contribution in [2.45, 2.75) is 0 Å². The molecular formula is C42H27BrN2S. The highest BCUT2D eigenvalue weighted by molar-refractivity contribution is 9.10. The Bertz CT molecular complexity index is 2550. The third-order valence-electron chi connectivity index (χ3n) is 8.82. The van der Waals surface area contributed by atoms with Gasteiger partial charge in [-0.1, -0.05) is 113 Å². The van der Waals surface area contributed by atoms with Crippen LogP contribution in [0, 0.1) is 0 Å². The van der Waals surface area contributed by atoms with Gasteiger partial charge in [0.25, 0.3) is 0 Å². The van der Waals surface area contributed by atoms with Gasteiger partial charge in [-0.3, -0.25) is 0 Å². The molecule has 0 aliphatic heterocycles. The van der Waals surface area contributed by atoms with Gasteiger partial charge in [0.15, 0.2) is 0 Å². The van der Waals surface area contributed by atoms with Crippen LogP contribution in [-0.4, -0.2) is 4.57 Å². The average molecular weight is 672 g/mol. The van der Waals surface area contributed by atoms with E-state index in [0.29, 0.717) is 0 Å². The van der Waals surface area contributed by atoms with Crippen molar-refractivity contribution in [1.82, 2.24) is 4.57 Å². The first kappa shape index (κ1) is 27.2. The maximum Gasteiger partial charge on any atom is 0.0562 e. The van der Waals surface area contributed by atoms with Crippen molar-refractivity contribution < 1.29 is 0 Å². The third kappa shape index (κ3) is 4.37. The second-order valence-electron chi connectivity index (χ2n) is 11.5. The van der Waals surface area contributed by atoms with Gasteiger partial charge < -0.3 is 9.47 Å². The summed E-state index contributed by atoms with van der Waals surface area (Å²) in [6, 6.07) is 59.0. The Morgan fingerprint density at radius 2 is 1.26 bits per heavy atom. The lowest BCUT2D eigenvalue weighted by Crippen LogP contribution is -2.11. The Hall–Kier alpha value is -5.16. The lowest BCUT2D eigenvalue weighted by molar-refractivity contribution is 1.18. The first-order chi connectivity index (χ1) is 22.7. The number of para-hydroxylation sites is 3. The Kier molecular flexibility index (Phi) is 6.51. The maximum atomic E-state index is 3.70. The number of hydrogen-bond acceptors (Lipinski definition) is 2. The summed E-state index contributed by atoms with van der Waals surface area (Å²) >= 11 is 5.59. The van der Waals surface area contributed by atoms with Crippen LogP contribution < -0.4 is 4.90 Å². The van der Waals surface area contributed by atoms with Crippen LogP contribution in [0.25, 0.3) is 58.8 Å². The van der Waals surface area contributed by atoms with Crippen molar-refractivity contribution in [2.75, 3.05) is 4.90 Å². The van der Waals surface area contributed by atoms with Gasteiger partial charge in [0.2, 0.25) is 0 Å². The first-order valence-corrected chi connectivity index (χ1v) is 17.0. The van der Waals surface area contributed by atoms with Gasteiger partial charge in [-0.25, -0.2) is 0 Å². The van der Waals surface area contributed by atoms with E-state index in [2.05, 4.69) is 189 Å². The quantitative estimate of drug-likeness (QED) is 0.177. The minimum atomic E-state index is 1.06. The smallest absolute Gasteiger partial charge is 0.0562 e. The Morgan fingerprint density at radius 3 is 2.11 bits per heavy atom. The molecule has 0 aliphatic rings. The zero-order chi connectivity index (χ0) is 30.6. The number of thiophene rings is 1. The second kappa shape index (κ2) is 11.0.